The number of amides is 2. The molecule has 2 rings (SSSR count). The van der Waals surface area contributed by atoms with Gasteiger partial charge in [0.2, 0.25) is 0 Å². The normalized spacial score (nSPS) is 11.4. The molecule has 0 aliphatic heterocycles. The number of halogens is 1. The van der Waals surface area contributed by atoms with Gasteiger partial charge in [0, 0.05) is 16.9 Å². The van der Waals surface area contributed by atoms with Gasteiger partial charge in [-0.05, 0) is 48.0 Å². The second-order valence-corrected chi connectivity index (χ2v) is 6.34. The fourth-order valence-corrected chi connectivity index (χ4v) is 2.27. The highest BCUT2D eigenvalue weighted by atomic mass is 35.5. The molecular weight excluding hydrogens is 340 g/mol. The van der Waals surface area contributed by atoms with Crippen LogP contribution in [0.4, 0.5) is 10.5 Å². The molecule has 2 aromatic carbocycles. The van der Waals surface area contributed by atoms with Crippen LogP contribution in [0.15, 0.2) is 59.6 Å². The lowest BCUT2D eigenvalue weighted by molar-refractivity contribution is 0.255. The molecule has 0 aliphatic rings. The van der Waals surface area contributed by atoms with Crippen LogP contribution in [0.5, 0.6) is 0 Å². The van der Waals surface area contributed by atoms with Crippen LogP contribution in [0.25, 0.3) is 6.08 Å². The lowest BCUT2D eigenvalue weighted by Gasteiger charge is -2.05. The molecule has 23 heavy (non-hydrogen) atoms. The molecule has 0 saturated heterocycles. The van der Waals surface area contributed by atoms with Crippen molar-refractivity contribution in [3.05, 3.63) is 65.3 Å². The first-order valence-corrected chi connectivity index (χ1v) is 8.23. The minimum absolute atomic E-state index is 0.244. The molecule has 0 spiro atoms. The molecule has 0 aliphatic carbocycles. The summed E-state index contributed by atoms with van der Waals surface area (Å²) >= 11 is 5.77. The highest BCUT2D eigenvalue weighted by molar-refractivity contribution is 7.85. The Balaban J connectivity index is 1.91. The predicted molar refractivity (Wildman–Crippen MR) is 88.9 cm³/mol. The Labute approximate surface area is 138 Å². The number of carbonyl (C=O) groups is 1. The van der Waals surface area contributed by atoms with E-state index >= 15 is 0 Å². The minimum Gasteiger partial charge on any atom is -0.314 e. The smallest absolute Gasteiger partial charge is 0.314 e. The first kappa shape index (κ1) is 17.0. The third-order valence-corrected chi connectivity index (χ3v) is 3.89. The standard InChI is InChI=1S/C15H13ClN2O4S/c16-12-3-1-11(2-4-12)9-10-17-15(19)18-13-5-7-14(8-6-13)23(20,21)22/h1-10H,(H2,17,18,19)(H,20,21,22)/b10-9+. The summed E-state index contributed by atoms with van der Waals surface area (Å²) in [5, 5.41) is 5.65. The molecule has 0 aromatic heterocycles. The van der Waals surface area contributed by atoms with Crippen molar-refractivity contribution in [1.29, 1.82) is 0 Å². The first-order chi connectivity index (χ1) is 10.8. The number of hydrogen-bond acceptors (Lipinski definition) is 3. The summed E-state index contributed by atoms with van der Waals surface area (Å²) in [6.07, 6.45) is 3.16. The molecule has 0 saturated carbocycles. The van der Waals surface area contributed by atoms with Crippen molar-refractivity contribution in [2.45, 2.75) is 4.90 Å². The zero-order valence-corrected chi connectivity index (χ0v) is 13.3. The summed E-state index contributed by atoms with van der Waals surface area (Å²) < 4.78 is 30.7. The number of urea groups is 1. The van der Waals surface area contributed by atoms with E-state index in [-0.39, 0.29) is 4.90 Å². The van der Waals surface area contributed by atoms with Crippen molar-refractivity contribution < 1.29 is 17.8 Å². The number of rotatable bonds is 4. The zero-order valence-electron chi connectivity index (χ0n) is 11.7. The molecule has 6 nitrogen and oxygen atoms in total. The number of carbonyl (C=O) groups excluding carboxylic acids is 1. The summed E-state index contributed by atoms with van der Waals surface area (Å²) in [6, 6.07) is 11.7. The molecule has 3 N–H and O–H groups in total. The summed E-state index contributed by atoms with van der Waals surface area (Å²) in [5.41, 5.74) is 1.25. The molecule has 2 aromatic rings. The van der Waals surface area contributed by atoms with Gasteiger partial charge in [0.25, 0.3) is 10.1 Å². The van der Waals surface area contributed by atoms with E-state index in [9.17, 15) is 13.2 Å². The molecule has 120 valence electrons. The summed E-state index contributed by atoms with van der Waals surface area (Å²) in [7, 11) is -4.24. The van der Waals surface area contributed by atoms with Crippen LogP contribution in [0.3, 0.4) is 0 Å². The van der Waals surface area contributed by atoms with E-state index < -0.39 is 16.1 Å². The van der Waals surface area contributed by atoms with E-state index in [0.717, 1.165) is 5.56 Å². The molecule has 0 unspecified atom stereocenters. The molecule has 0 fully saturated rings. The van der Waals surface area contributed by atoms with Crippen molar-refractivity contribution in [2.24, 2.45) is 0 Å². The zero-order chi connectivity index (χ0) is 16.9. The molecule has 0 radical (unpaired) electrons. The van der Waals surface area contributed by atoms with Gasteiger partial charge in [-0.15, -0.1) is 0 Å². The quantitative estimate of drug-likeness (QED) is 0.735. The maximum Gasteiger partial charge on any atom is 0.323 e. The number of anilines is 1. The second-order valence-electron chi connectivity index (χ2n) is 4.48. The highest BCUT2D eigenvalue weighted by Gasteiger charge is 2.08. The van der Waals surface area contributed by atoms with Crippen molar-refractivity contribution in [1.82, 2.24) is 5.32 Å². The number of benzene rings is 2. The maximum absolute atomic E-state index is 11.7. The summed E-state index contributed by atoms with van der Waals surface area (Å²) in [6.45, 7) is 0. The average Bonchev–Trinajstić information content (AvgIpc) is 2.49. The first-order valence-electron chi connectivity index (χ1n) is 6.42. The van der Waals surface area contributed by atoms with E-state index in [1.807, 2.05) is 0 Å². The Morgan fingerprint density at radius 2 is 1.65 bits per heavy atom. The second kappa shape index (κ2) is 7.28. The van der Waals surface area contributed by atoms with Crippen LogP contribution in [-0.2, 0) is 10.1 Å². The largest absolute Gasteiger partial charge is 0.323 e. The van der Waals surface area contributed by atoms with E-state index in [1.54, 1.807) is 30.3 Å². The Morgan fingerprint density at radius 3 is 2.22 bits per heavy atom. The van der Waals surface area contributed by atoms with Crippen molar-refractivity contribution in [3.8, 4) is 0 Å². The van der Waals surface area contributed by atoms with Crippen LogP contribution < -0.4 is 10.6 Å². The summed E-state index contributed by atoms with van der Waals surface area (Å²) in [4.78, 5) is 11.4. The molecule has 0 atom stereocenters. The molecule has 0 heterocycles. The lowest BCUT2D eigenvalue weighted by atomic mass is 10.2. The van der Waals surface area contributed by atoms with E-state index in [2.05, 4.69) is 10.6 Å². The van der Waals surface area contributed by atoms with Crippen LogP contribution in [-0.4, -0.2) is 19.0 Å². The van der Waals surface area contributed by atoms with E-state index in [0.29, 0.717) is 10.7 Å². The third kappa shape index (κ3) is 5.41. The fourth-order valence-electron chi connectivity index (χ4n) is 1.66. The van der Waals surface area contributed by atoms with Gasteiger partial charge in [0.05, 0.1) is 4.90 Å². The maximum atomic E-state index is 11.7. The van der Waals surface area contributed by atoms with Gasteiger partial charge in [0.15, 0.2) is 0 Å². The molecule has 0 bridgehead atoms. The van der Waals surface area contributed by atoms with Crippen molar-refractivity contribution >= 4 is 39.5 Å². The topological polar surface area (TPSA) is 95.5 Å². The van der Waals surface area contributed by atoms with Crippen LogP contribution in [0.1, 0.15) is 5.56 Å². The van der Waals surface area contributed by atoms with Gasteiger partial charge in [-0.3, -0.25) is 4.55 Å². The number of hydrogen-bond donors (Lipinski definition) is 3. The Bertz CT molecular complexity index is 816. The van der Waals surface area contributed by atoms with E-state index in [4.69, 9.17) is 16.2 Å². The Morgan fingerprint density at radius 1 is 1.04 bits per heavy atom. The fraction of sp³-hybridized carbons (Fsp3) is 0. The van der Waals surface area contributed by atoms with Gasteiger partial charge in [-0.25, -0.2) is 4.79 Å². The number of nitrogens with one attached hydrogen (secondary N) is 2. The summed E-state index contributed by atoms with van der Waals surface area (Å²) in [5.74, 6) is 0. The van der Waals surface area contributed by atoms with Gasteiger partial charge in [-0.2, -0.15) is 8.42 Å². The SMILES string of the molecule is O=C(N/C=C/c1ccc(Cl)cc1)Nc1ccc(S(=O)(=O)O)cc1. The lowest BCUT2D eigenvalue weighted by Crippen LogP contribution is -2.23. The van der Waals surface area contributed by atoms with Crippen LogP contribution in [0.2, 0.25) is 5.02 Å². The predicted octanol–water partition coefficient (Wildman–Crippen LogP) is 3.38. The van der Waals surface area contributed by atoms with Gasteiger partial charge >= 0.3 is 6.03 Å². The molecule has 2 amide bonds. The average molecular weight is 353 g/mol. The Kier molecular flexibility index (Phi) is 5.38. The van der Waals surface area contributed by atoms with Crippen molar-refractivity contribution in [2.75, 3.05) is 5.32 Å². The van der Waals surface area contributed by atoms with Gasteiger partial charge < -0.3 is 10.6 Å². The van der Waals surface area contributed by atoms with Gasteiger partial charge in [-0.1, -0.05) is 23.7 Å². The Hall–Kier alpha value is -2.35. The van der Waals surface area contributed by atoms with Gasteiger partial charge in [0.1, 0.15) is 0 Å². The van der Waals surface area contributed by atoms with Crippen LogP contribution >= 0.6 is 11.6 Å². The minimum atomic E-state index is -4.24. The molecular formula is C15H13ClN2O4S. The van der Waals surface area contributed by atoms with Crippen molar-refractivity contribution in [3.63, 3.8) is 0 Å². The van der Waals surface area contributed by atoms with Crippen LogP contribution in [0, 0.1) is 0 Å². The highest BCUT2D eigenvalue weighted by Crippen LogP contribution is 2.13. The molecule has 8 heteroatoms. The monoisotopic (exact) mass is 352 g/mol. The van der Waals surface area contributed by atoms with E-state index in [1.165, 1.54) is 30.5 Å². The third-order valence-electron chi connectivity index (χ3n) is 2.77.